The van der Waals surface area contributed by atoms with Crippen molar-refractivity contribution in [2.75, 3.05) is 27.2 Å². The van der Waals surface area contributed by atoms with Crippen LogP contribution in [0.25, 0.3) is 0 Å². The smallest absolute Gasteiger partial charge is 0.143 e. The Labute approximate surface area is 131 Å². The average molecular weight is 392 g/mol. The molecule has 1 aromatic rings. The lowest BCUT2D eigenvalue weighted by Crippen LogP contribution is -2.41. The molecule has 0 aliphatic carbocycles. The number of hydrogen-bond donors (Lipinski definition) is 1. The predicted molar refractivity (Wildman–Crippen MR) is 85.5 cm³/mol. The summed E-state index contributed by atoms with van der Waals surface area (Å²) >= 11 is 6.77. The Hall–Kier alpha value is -0.100. The molecule has 0 unspecified atom stereocenters. The van der Waals surface area contributed by atoms with Gasteiger partial charge in [-0.05, 0) is 89.6 Å². The molecule has 3 nitrogen and oxygen atoms in total. The lowest BCUT2D eigenvalue weighted by molar-refractivity contribution is 0.140. The molecular weight excluding hydrogens is 372 g/mol. The quantitative estimate of drug-likeness (QED) is 0.854. The van der Waals surface area contributed by atoms with E-state index in [0.29, 0.717) is 0 Å². The Morgan fingerprint density at radius 2 is 1.74 bits per heavy atom. The molecule has 1 heterocycles. The molecule has 0 atom stereocenters. The number of hydrogen-bond acceptors (Lipinski definition) is 3. The molecular formula is C14H20Br2N2O. The minimum Gasteiger partial charge on any atom is -0.506 e. The van der Waals surface area contributed by atoms with Gasteiger partial charge in [-0.1, -0.05) is 0 Å². The van der Waals surface area contributed by atoms with Crippen molar-refractivity contribution in [2.45, 2.75) is 25.4 Å². The first kappa shape index (κ1) is 15.3. The van der Waals surface area contributed by atoms with Gasteiger partial charge in [0.05, 0.1) is 8.95 Å². The summed E-state index contributed by atoms with van der Waals surface area (Å²) in [5.74, 6) is 0.273. The summed E-state index contributed by atoms with van der Waals surface area (Å²) < 4.78 is 1.50. The number of rotatable bonds is 3. The molecule has 0 radical (unpaired) electrons. The van der Waals surface area contributed by atoms with Crippen molar-refractivity contribution in [3.63, 3.8) is 0 Å². The molecule has 1 aliphatic heterocycles. The molecule has 1 saturated heterocycles. The Bertz CT molecular complexity index is 420. The Morgan fingerprint density at radius 1 is 1.21 bits per heavy atom. The summed E-state index contributed by atoms with van der Waals surface area (Å²) in [5, 5.41) is 9.72. The minimum atomic E-state index is 0.273. The third kappa shape index (κ3) is 3.94. The monoisotopic (exact) mass is 390 g/mol. The van der Waals surface area contributed by atoms with E-state index >= 15 is 0 Å². The third-order valence-electron chi connectivity index (χ3n) is 3.77. The zero-order valence-corrected chi connectivity index (χ0v) is 14.5. The Balaban J connectivity index is 1.96. The number of aromatic hydroxyl groups is 1. The SMILES string of the molecule is CN(C)C1CCN(Cc2cc(Br)c(O)c(Br)c2)CC1. The number of piperidine rings is 1. The summed E-state index contributed by atoms with van der Waals surface area (Å²) in [4.78, 5) is 4.80. The van der Waals surface area contributed by atoms with Crippen LogP contribution in [-0.4, -0.2) is 48.1 Å². The lowest BCUT2D eigenvalue weighted by Gasteiger charge is -2.35. The van der Waals surface area contributed by atoms with E-state index in [2.05, 4.69) is 55.8 Å². The van der Waals surface area contributed by atoms with Crippen LogP contribution in [0, 0.1) is 0 Å². The summed E-state index contributed by atoms with van der Waals surface area (Å²) in [6.07, 6.45) is 2.46. The fourth-order valence-electron chi connectivity index (χ4n) is 2.56. The molecule has 0 amide bonds. The van der Waals surface area contributed by atoms with Gasteiger partial charge in [0.25, 0.3) is 0 Å². The highest BCUT2D eigenvalue weighted by molar-refractivity contribution is 9.11. The van der Waals surface area contributed by atoms with Crippen molar-refractivity contribution >= 4 is 31.9 Å². The van der Waals surface area contributed by atoms with Gasteiger partial charge in [-0.3, -0.25) is 4.90 Å². The van der Waals surface area contributed by atoms with E-state index in [4.69, 9.17) is 0 Å². The number of benzene rings is 1. The van der Waals surface area contributed by atoms with Gasteiger partial charge in [0.15, 0.2) is 0 Å². The van der Waals surface area contributed by atoms with Crippen molar-refractivity contribution in [1.29, 1.82) is 0 Å². The van der Waals surface area contributed by atoms with Crippen molar-refractivity contribution < 1.29 is 5.11 Å². The normalized spacial score (nSPS) is 18.2. The molecule has 1 N–H and O–H groups in total. The highest BCUT2D eigenvalue weighted by Gasteiger charge is 2.20. The number of nitrogens with zero attached hydrogens (tertiary/aromatic N) is 2. The molecule has 0 saturated carbocycles. The second-order valence-corrected chi connectivity index (χ2v) is 7.09. The van der Waals surface area contributed by atoms with Gasteiger partial charge in [-0.25, -0.2) is 0 Å². The molecule has 2 rings (SSSR count). The van der Waals surface area contributed by atoms with E-state index in [1.807, 2.05) is 12.1 Å². The molecule has 0 spiro atoms. The maximum atomic E-state index is 9.72. The van der Waals surface area contributed by atoms with Crippen LogP contribution in [0.15, 0.2) is 21.1 Å². The number of likely N-dealkylation sites (tertiary alicyclic amines) is 1. The van der Waals surface area contributed by atoms with Crippen LogP contribution < -0.4 is 0 Å². The molecule has 0 aromatic heterocycles. The third-order valence-corrected chi connectivity index (χ3v) is 4.98. The topological polar surface area (TPSA) is 26.7 Å². The first-order valence-electron chi connectivity index (χ1n) is 6.53. The van der Waals surface area contributed by atoms with Crippen LogP contribution >= 0.6 is 31.9 Å². The fraction of sp³-hybridized carbons (Fsp3) is 0.571. The molecule has 1 aromatic carbocycles. The molecule has 5 heteroatoms. The van der Waals surface area contributed by atoms with E-state index < -0.39 is 0 Å². The molecule has 0 bridgehead atoms. The van der Waals surface area contributed by atoms with E-state index in [0.717, 1.165) is 34.6 Å². The fourth-order valence-corrected chi connectivity index (χ4v) is 3.84. The van der Waals surface area contributed by atoms with Crippen molar-refractivity contribution in [3.05, 3.63) is 26.6 Å². The van der Waals surface area contributed by atoms with E-state index in [1.165, 1.54) is 18.4 Å². The first-order valence-corrected chi connectivity index (χ1v) is 8.11. The Kier molecular flexibility index (Phi) is 5.29. The van der Waals surface area contributed by atoms with E-state index in [1.54, 1.807) is 0 Å². The molecule has 19 heavy (non-hydrogen) atoms. The van der Waals surface area contributed by atoms with E-state index in [-0.39, 0.29) is 5.75 Å². The molecule has 106 valence electrons. The minimum absolute atomic E-state index is 0.273. The van der Waals surface area contributed by atoms with Gasteiger partial charge in [-0.15, -0.1) is 0 Å². The van der Waals surface area contributed by atoms with Crippen molar-refractivity contribution in [2.24, 2.45) is 0 Å². The van der Waals surface area contributed by atoms with Gasteiger partial charge < -0.3 is 10.0 Å². The molecule has 1 fully saturated rings. The standard InChI is InChI=1S/C14H20Br2N2O/c1-17(2)11-3-5-18(6-4-11)9-10-7-12(15)14(19)13(16)8-10/h7-8,11,19H,3-6,9H2,1-2H3. The second kappa shape index (κ2) is 6.57. The van der Waals surface area contributed by atoms with Crippen LogP contribution in [0.1, 0.15) is 18.4 Å². The number of phenolic OH excluding ortho intramolecular Hbond substituents is 1. The van der Waals surface area contributed by atoms with Crippen molar-refractivity contribution in [3.8, 4) is 5.75 Å². The maximum Gasteiger partial charge on any atom is 0.143 e. The average Bonchev–Trinajstić information content (AvgIpc) is 2.36. The summed E-state index contributed by atoms with van der Waals surface area (Å²) in [7, 11) is 4.32. The van der Waals surface area contributed by atoms with Crippen LogP contribution in [-0.2, 0) is 6.54 Å². The van der Waals surface area contributed by atoms with Gasteiger partial charge in [0.2, 0.25) is 0 Å². The lowest BCUT2D eigenvalue weighted by atomic mass is 10.0. The van der Waals surface area contributed by atoms with Gasteiger partial charge >= 0.3 is 0 Å². The summed E-state index contributed by atoms with van der Waals surface area (Å²) in [6.45, 7) is 3.22. The largest absolute Gasteiger partial charge is 0.506 e. The van der Waals surface area contributed by atoms with Gasteiger partial charge in [0.1, 0.15) is 5.75 Å². The highest BCUT2D eigenvalue weighted by Crippen LogP contribution is 2.33. The predicted octanol–water partition coefficient (Wildman–Crippen LogP) is 3.44. The second-order valence-electron chi connectivity index (χ2n) is 5.38. The summed E-state index contributed by atoms with van der Waals surface area (Å²) in [5.41, 5.74) is 1.22. The molecule has 1 aliphatic rings. The van der Waals surface area contributed by atoms with Gasteiger partial charge in [-0.2, -0.15) is 0 Å². The highest BCUT2D eigenvalue weighted by atomic mass is 79.9. The Morgan fingerprint density at radius 3 is 2.21 bits per heavy atom. The van der Waals surface area contributed by atoms with Gasteiger partial charge in [0, 0.05) is 12.6 Å². The van der Waals surface area contributed by atoms with E-state index in [9.17, 15) is 5.11 Å². The number of halogens is 2. The van der Waals surface area contributed by atoms with Crippen LogP contribution in [0.2, 0.25) is 0 Å². The van der Waals surface area contributed by atoms with Crippen molar-refractivity contribution in [1.82, 2.24) is 9.80 Å². The van der Waals surface area contributed by atoms with Crippen LogP contribution in [0.5, 0.6) is 5.75 Å². The summed E-state index contributed by atoms with van der Waals surface area (Å²) in [6, 6.07) is 4.71. The zero-order valence-electron chi connectivity index (χ0n) is 11.4. The first-order chi connectivity index (χ1) is 8.97. The van der Waals surface area contributed by atoms with Crippen LogP contribution in [0.4, 0.5) is 0 Å². The maximum absolute atomic E-state index is 9.72. The number of phenols is 1. The van der Waals surface area contributed by atoms with Crippen LogP contribution in [0.3, 0.4) is 0 Å². The zero-order chi connectivity index (χ0) is 14.0.